The zero-order chi connectivity index (χ0) is 18.7. The normalized spacial score (nSPS) is 16.8. The van der Waals surface area contributed by atoms with Crippen LogP contribution in [-0.2, 0) is 6.42 Å². The number of para-hydroxylation sites is 2. The van der Waals surface area contributed by atoms with Gasteiger partial charge in [-0.3, -0.25) is 0 Å². The van der Waals surface area contributed by atoms with E-state index >= 15 is 0 Å². The number of hydrogen-bond acceptors (Lipinski definition) is 5. The smallest absolute Gasteiger partial charge is 0.299 e. The fraction of sp³-hybridized carbons (Fsp3) is 0.143. The molecule has 0 spiro atoms. The van der Waals surface area contributed by atoms with Crippen molar-refractivity contribution in [3.8, 4) is 0 Å². The van der Waals surface area contributed by atoms with Crippen molar-refractivity contribution in [3.63, 3.8) is 0 Å². The molecule has 1 aliphatic heterocycles. The lowest BCUT2D eigenvalue weighted by atomic mass is 10.0. The van der Waals surface area contributed by atoms with E-state index in [0.29, 0.717) is 18.1 Å². The highest BCUT2D eigenvalue weighted by atomic mass is 19.1. The van der Waals surface area contributed by atoms with Crippen molar-refractivity contribution in [1.29, 1.82) is 0 Å². The highest BCUT2D eigenvalue weighted by Crippen LogP contribution is 2.39. The van der Waals surface area contributed by atoms with Gasteiger partial charge in [0, 0.05) is 24.0 Å². The Bertz CT molecular complexity index is 1290. The van der Waals surface area contributed by atoms with Gasteiger partial charge >= 0.3 is 0 Å². The summed E-state index contributed by atoms with van der Waals surface area (Å²) in [5.74, 6) is 0.349. The molecule has 2 aromatic carbocycles. The average molecular weight is 374 g/mol. The molecule has 6 rings (SSSR count). The fourth-order valence-corrected chi connectivity index (χ4v) is 3.93. The molecule has 0 aliphatic carbocycles. The monoisotopic (exact) mass is 374 g/mol. The third-order valence-corrected chi connectivity index (χ3v) is 5.24. The molecule has 6 nitrogen and oxygen atoms in total. The van der Waals surface area contributed by atoms with E-state index in [-0.39, 0.29) is 11.6 Å². The number of aromatic amines is 1. The van der Waals surface area contributed by atoms with Crippen LogP contribution < -0.4 is 4.90 Å². The lowest BCUT2D eigenvalue weighted by Gasteiger charge is -2.32. The first-order valence-corrected chi connectivity index (χ1v) is 9.10. The molecular weight excluding hydrogens is 359 g/mol. The number of halogens is 1. The van der Waals surface area contributed by atoms with Gasteiger partial charge in [0.2, 0.25) is 0 Å². The Balaban J connectivity index is 1.54. The average Bonchev–Trinajstić information content (AvgIpc) is 3.44. The minimum atomic E-state index is -0.398. The van der Waals surface area contributed by atoms with Gasteiger partial charge in [-0.1, -0.05) is 24.3 Å². The topological polar surface area (TPSA) is 71.1 Å². The van der Waals surface area contributed by atoms with E-state index < -0.39 is 5.82 Å². The number of furan rings is 1. The third-order valence-electron chi connectivity index (χ3n) is 5.24. The van der Waals surface area contributed by atoms with Crippen molar-refractivity contribution >= 4 is 28.1 Å². The van der Waals surface area contributed by atoms with Gasteiger partial charge < -0.3 is 18.7 Å². The quantitative estimate of drug-likeness (QED) is 0.489. The number of oxazole rings is 1. The highest BCUT2D eigenvalue weighted by Gasteiger charge is 2.36. The summed E-state index contributed by atoms with van der Waals surface area (Å²) >= 11 is 0. The molecule has 28 heavy (non-hydrogen) atoms. The Labute approximate surface area is 158 Å². The first-order chi connectivity index (χ1) is 13.8. The van der Waals surface area contributed by atoms with E-state index in [2.05, 4.69) is 15.0 Å². The Morgan fingerprint density at radius 3 is 2.86 bits per heavy atom. The van der Waals surface area contributed by atoms with Crippen LogP contribution >= 0.6 is 0 Å². The molecule has 1 atom stereocenters. The van der Waals surface area contributed by atoms with Crippen molar-refractivity contribution < 1.29 is 13.2 Å². The first-order valence-electron chi connectivity index (χ1n) is 9.10. The number of fused-ring (bicyclic) bond motifs is 3. The second-order valence-electron chi connectivity index (χ2n) is 6.88. The lowest BCUT2D eigenvalue weighted by Crippen LogP contribution is -2.36. The summed E-state index contributed by atoms with van der Waals surface area (Å²) in [4.78, 5) is 14.2. The molecule has 4 heterocycles. The molecule has 0 unspecified atom stereocenters. The Morgan fingerprint density at radius 1 is 1.07 bits per heavy atom. The summed E-state index contributed by atoms with van der Waals surface area (Å²) in [6.07, 6.45) is 2.45. The van der Waals surface area contributed by atoms with Crippen molar-refractivity contribution in [2.45, 2.75) is 12.5 Å². The molecule has 0 bridgehead atoms. The maximum absolute atomic E-state index is 14.1. The standard InChI is InChI=1S/C21H15FN4O2/c22-13-5-3-7-16-18(13)25-21(28-16)26-9-8-14-19(24-11-23-14)20(26)17-10-12-4-1-2-6-15(12)27-17/h1-7,10-11,20H,8-9H2,(H,23,24)/t20-/m1/s1. The minimum Gasteiger partial charge on any atom is -0.458 e. The summed E-state index contributed by atoms with van der Waals surface area (Å²) in [5.41, 5.74) is 3.39. The van der Waals surface area contributed by atoms with Gasteiger partial charge in [-0.15, -0.1) is 0 Å². The van der Waals surface area contributed by atoms with Crippen molar-refractivity contribution in [2.75, 3.05) is 11.4 Å². The maximum atomic E-state index is 14.1. The molecule has 1 N–H and O–H groups in total. The van der Waals surface area contributed by atoms with Crippen LogP contribution in [-0.4, -0.2) is 21.5 Å². The van der Waals surface area contributed by atoms with Crippen LogP contribution in [0, 0.1) is 5.82 Å². The second-order valence-corrected chi connectivity index (χ2v) is 6.88. The first kappa shape index (κ1) is 15.4. The summed E-state index contributed by atoms with van der Waals surface area (Å²) in [6, 6.07) is 14.6. The summed E-state index contributed by atoms with van der Waals surface area (Å²) in [7, 11) is 0. The van der Waals surface area contributed by atoms with E-state index in [1.807, 2.05) is 35.2 Å². The number of benzene rings is 2. The number of imidazole rings is 1. The molecule has 0 radical (unpaired) electrons. The van der Waals surface area contributed by atoms with Gasteiger partial charge in [0.1, 0.15) is 22.9 Å². The zero-order valence-electron chi connectivity index (χ0n) is 14.7. The van der Waals surface area contributed by atoms with Crippen molar-refractivity contribution in [2.24, 2.45) is 0 Å². The number of aromatic nitrogens is 3. The zero-order valence-corrected chi connectivity index (χ0v) is 14.7. The van der Waals surface area contributed by atoms with Crippen molar-refractivity contribution in [1.82, 2.24) is 15.0 Å². The van der Waals surface area contributed by atoms with E-state index in [0.717, 1.165) is 34.5 Å². The lowest BCUT2D eigenvalue weighted by molar-refractivity contribution is 0.458. The molecule has 5 aromatic rings. The van der Waals surface area contributed by atoms with Crippen LogP contribution in [0.2, 0.25) is 0 Å². The van der Waals surface area contributed by atoms with Gasteiger partial charge in [0.25, 0.3) is 6.01 Å². The predicted molar refractivity (Wildman–Crippen MR) is 102 cm³/mol. The molecule has 0 fully saturated rings. The number of rotatable bonds is 2. The Hall–Kier alpha value is -3.61. The van der Waals surface area contributed by atoms with E-state index in [1.54, 1.807) is 18.5 Å². The largest absolute Gasteiger partial charge is 0.458 e. The van der Waals surface area contributed by atoms with E-state index in [4.69, 9.17) is 8.83 Å². The van der Waals surface area contributed by atoms with Gasteiger partial charge in [0.05, 0.1) is 12.0 Å². The fourth-order valence-electron chi connectivity index (χ4n) is 3.93. The molecular formula is C21H15FN4O2. The molecule has 7 heteroatoms. The van der Waals surface area contributed by atoms with Crippen LogP contribution in [0.15, 0.2) is 63.7 Å². The van der Waals surface area contributed by atoms with Crippen molar-refractivity contribution in [3.05, 3.63) is 77.8 Å². The predicted octanol–water partition coefficient (Wildman–Crippen LogP) is 4.59. The molecule has 0 saturated heterocycles. The van der Waals surface area contributed by atoms with Crippen LogP contribution in [0.4, 0.5) is 10.4 Å². The molecule has 0 amide bonds. The van der Waals surface area contributed by atoms with Crippen LogP contribution in [0.5, 0.6) is 0 Å². The summed E-state index contributed by atoms with van der Waals surface area (Å²) in [5, 5.41) is 1.02. The Kier molecular flexibility index (Phi) is 3.14. The van der Waals surface area contributed by atoms with Gasteiger partial charge in [-0.25, -0.2) is 9.37 Å². The molecule has 138 valence electrons. The SMILES string of the molecule is Fc1cccc2oc(N3CCc4[nH]cnc4[C@H]3c3cc4ccccc4o3)nc12. The van der Waals surface area contributed by atoms with Crippen LogP contribution in [0.3, 0.4) is 0 Å². The minimum absolute atomic E-state index is 0.230. The van der Waals surface area contributed by atoms with Gasteiger partial charge in [-0.2, -0.15) is 4.98 Å². The van der Waals surface area contributed by atoms with Crippen LogP contribution in [0.1, 0.15) is 23.2 Å². The number of anilines is 1. The maximum Gasteiger partial charge on any atom is 0.299 e. The number of nitrogens with zero attached hydrogens (tertiary/aromatic N) is 3. The Morgan fingerprint density at radius 2 is 1.96 bits per heavy atom. The third kappa shape index (κ3) is 2.19. The molecule has 1 aliphatic rings. The molecule has 0 saturated carbocycles. The summed E-state index contributed by atoms with van der Waals surface area (Å²) < 4.78 is 26.2. The number of hydrogen-bond donors (Lipinski definition) is 1. The second kappa shape index (κ2) is 5.69. The highest BCUT2D eigenvalue weighted by molar-refractivity contribution is 5.78. The van der Waals surface area contributed by atoms with Gasteiger partial charge in [0.15, 0.2) is 11.4 Å². The molecule has 3 aromatic heterocycles. The van der Waals surface area contributed by atoms with E-state index in [9.17, 15) is 4.39 Å². The van der Waals surface area contributed by atoms with E-state index in [1.165, 1.54) is 6.07 Å². The summed E-state index contributed by atoms with van der Waals surface area (Å²) in [6.45, 7) is 0.644. The number of H-pyrrole nitrogens is 1. The van der Waals surface area contributed by atoms with Gasteiger partial charge in [-0.05, 0) is 24.3 Å². The number of nitrogens with one attached hydrogen (secondary N) is 1. The van der Waals surface area contributed by atoms with Crippen LogP contribution in [0.25, 0.3) is 22.1 Å².